The zero-order valence-electron chi connectivity index (χ0n) is 20.6. The van der Waals surface area contributed by atoms with E-state index in [4.69, 9.17) is 4.74 Å². The predicted octanol–water partition coefficient (Wildman–Crippen LogP) is 4.27. The Hall–Kier alpha value is -1.93. The molecule has 0 spiro atoms. The van der Waals surface area contributed by atoms with Crippen LogP contribution in [0.25, 0.3) is 0 Å². The predicted molar refractivity (Wildman–Crippen MR) is 141 cm³/mol. The lowest BCUT2D eigenvalue weighted by Crippen LogP contribution is -2.54. The molecule has 2 aliphatic heterocycles. The third-order valence-electron chi connectivity index (χ3n) is 7.66. The Morgan fingerprint density at radius 3 is 2.60 bits per heavy atom. The van der Waals surface area contributed by atoms with E-state index in [2.05, 4.69) is 51.6 Å². The van der Waals surface area contributed by atoms with Crippen LogP contribution < -0.4 is 5.32 Å². The molecule has 1 aromatic carbocycles. The minimum Gasteiger partial charge on any atom is -0.372 e. The molecule has 0 bridgehead atoms. The first-order valence-corrected chi connectivity index (χ1v) is 14.3. The molecular weight excluding hydrogens is 456 g/mol. The van der Waals surface area contributed by atoms with Crippen LogP contribution in [0.3, 0.4) is 0 Å². The molecule has 0 radical (unpaired) electrons. The highest BCUT2D eigenvalue weighted by Crippen LogP contribution is 2.37. The Morgan fingerprint density at radius 2 is 1.86 bits per heavy atom. The Bertz CT molecular complexity index is 917. The van der Waals surface area contributed by atoms with Gasteiger partial charge in [0.2, 0.25) is 5.91 Å². The lowest BCUT2D eigenvalue weighted by molar-refractivity contribution is -0.134. The van der Waals surface area contributed by atoms with E-state index in [-0.39, 0.29) is 23.4 Å². The average molecular weight is 495 g/mol. The molecule has 3 atom stereocenters. The molecule has 6 nitrogen and oxygen atoms in total. The number of piperazine rings is 1. The number of carbonyl (C=O) groups excluding carboxylic acids is 1. The van der Waals surface area contributed by atoms with Gasteiger partial charge in [0, 0.05) is 50.9 Å². The number of aromatic nitrogens is 1. The van der Waals surface area contributed by atoms with Crippen molar-refractivity contribution in [3.05, 3.63) is 66.0 Å². The molecule has 1 aromatic heterocycles. The number of hydrogen-bond acceptors (Lipinski definition) is 6. The van der Waals surface area contributed by atoms with E-state index in [0.717, 1.165) is 50.6 Å². The van der Waals surface area contributed by atoms with Crippen molar-refractivity contribution >= 4 is 17.7 Å². The van der Waals surface area contributed by atoms with Gasteiger partial charge in [0.05, 0.1) is 24.1 Å². The van der Waals surface area contributed by atoms with E-state index >= 15 is 0 Å². The second kappa shape index (κ2) is 12.3. The highest BCUT2D eigenvalue weighted by atomic mass is 32.2. The lowest BCUT2D eigenvalue weighted by Gasteiger charge is -2.36. The number of amides is 1. The number of thioether (sulfide) groups is 1. The van der Waals surface area contributed by atoms with E-state index in [9.17, 15) is 4.79 Å². The first-order chi connectivity index (χ1) is 17.3. The molecule has 2 aromatic rings. The zero-order chi connectivity index (χ0) is 23.9. The monoisotopic (exact) mass is 494 g/mol. The van der Waals surface area contributed by atoms with Crippen molar-refractivity contribution in [2.24, 2.45) is 5.92 Å². The summed E-state index contributed by atoms with van der Waals surface area (Å²) in [6.45, 7) is 5.10. The van der Waals surface area contributed by atoms with Crippen LogP contribution in [0.2, 0.25) is 0 Å². The van der Waals surface area contributed by atoms with Gasteiger partial charge in [-0.1, -0.05) is 55.7 Å². The summed E-state index contributed by atoms with van der Waals surface area (Å²) in [7, 11) is 0. The highest BCUT2D eigenvalue weighted by Gasteiger charge is 2.34. The van der Waals surface area contributed by atoms with Crippen LogP contribution in [-0.4, -0.2) is 71.8 Å². The number of ether oxygens (including phenoxy) is 1. The number of hydrogen-bond donors (Lipinski definition) is 1. The molecule has 35 heavy (non-hydrogen) atoms. The van der Waals surface area contributed by atoms with E-state index < -0.39 is 0 Å². The van der Waals surface area contributed by atoms with Gasteiger partial charge in [0.25, 0.3) is 0 Å². The van der Waals surface area contributed by atoms with Gasteiger partial charge in [0.1, 0.15) is 0 Å². The SMILES string of the molecule is O=C([C@@H]1CSC(c2cccnc2)N1)N1CCN(CCOC(c2ccccc2)C2CCCCC2)CC1. The molecule has 3 aliphatic rings. The van der Waals surface area contributed by atoms with Crippen LogP contribution in [-0.2, 0) is 9.53 Å². The van der Waals surface area contributed by atoms with Crippen LogP contribution in [0.5, 0.6) is 0 Å². The average Bonchev–Trinajstić information content (AvgIpc) is 3.43. The van der Waals surface area contributed by atoms with E-state index in [1.165, 1.54) is 37.7 Å². The van der Waals surface area contributed by atoms with Crippen molar-refractivity contribution in [2.45, 2.75) is 49.6 Å². The molecular formula is C28H38N4O2S. The van der Waals surface area contributed by atoms with Crippen molar-refractivity contribution in [3.63, 3.8) is 0 Å². The van der Waals surface area contributed by atoms with Crippen molar-refractivity contribution in [3.8, 4) is 0 Å². The first kappa shape index (κ1) is 24.8. The Kier molecular flexibility index (Phi) is 8.73. The molecule has 3 fully saturated rings. The molecule has 7 heteroatoms. The summed E-state index contributed by atoms with van der Waals surface area (Å²) in [6.07, 6.45) is 10.4. The number of pyridine rings is 1. The summed E-state index contributed by atoms with van der Waals surface area (Å²) >= 11 is 1.79. The van der Waals surface area contributed by atoms with Crippen LogP contribution in [0.1, 0.15) is 54.7 Å². The topological polar surface area (TPSA) is 57.7 Å². The van der Waals surface area contributed by atoms with E-state index in [1.807, 2.05) is 17.2 Å². The van der Waals surface area contributed by atoms with Gasteiger partial charge >= 0.3 is 0 Å². The Balaban J connectivity index is 1.06. The second-order valence-electron chi connectivity index (χ2n) is 9.99. The Morgan fingerprint density at radius 1 is 1.06 bits per heavy atom. The molecule has 2 saturated heterocycles. The summed E-state index contributed by atoms with van der Waals surface area (Å²) < 4.78 is 6.54. The standard InChI is InChI=1S/C28H38N4O2S/c33-28(25-21-35-27(30-25)24-12-7-13-29-20-24)32-16-14-31(15-17-32)18-19-34-26(22-8-3-1-4-9-22)23-10-5-2-6-11-23/h1,3-4,7-9,12-13,20,23,25-27,30H,2,5-6,10-11,14-19,21H2/t25-,26?,27?/m0/s1. The summed E-state index contributed by atoms with van der Waals surface area (Å²) in [5.74, 6) is 1.68. The van der Waals surface area contributed by atoms with Crippen molar-refractivity contribution in [2.75, 3.05) is 45.1 Å². The third kappa shape index (κ3) is 6.45. The van der Waals surface area contributed by atoms with Gasteiger partial charge in [-0.15, -0.1) is 11.8 Å². The largest absolute Gasteiger partial charge is 0.372 e. The van der Waals surface area contributed by atoms with Gasteiger partial charge in [-0.25, -0.2) is 0 Å². The molecule has 2 unspecified atom stereocenters. The van der Waals surface area contributed by atoms with E-state index in [1.54, 1.807) is 18.0 Å². The maximum Gasteiger partial charge on any atom is 0.240 e. The molecule has 1 aliphatic carbocycles. The zero-order valence-corrected chi connectivity index (χ0v) is 21.4. The van der Waals surface area contributed by atoms with Gasteiger partial charge in [-0.2, -0.15) is 0 Å². The summed E-state index contributed by atoms with van der Waals surface area (Å²) in [5, 5.41) is 3.66. The quantitative estimate of drug-likeness (QED) is 0.592. The fourth-order valence-electron chi connectivity index (χ4n) is 5.64. The number of nitrogens with one attached hydrogen (secondary N) is 1. The van der Waals surface area contributed by atoms with Gasteiger partial charge in [0.15, 0.2) is 0 Å². The first-order valence-electron chi connectivity index (χ1n) is 13.2. The fourth-order valence-corrected chi connectivity index (χ4v) is 6.86. The smallest absolute Gasteiger partial charge is 0.240 e. The van der Waals surface area contributed by atoms with Crippen LogP contribution in [0.4, 0.5) is 0 Å². The number of carbonyl (C=O) groups is 1. The van der Waals surface area contributed by atoms with Crippen molar-refractivity contribution in [1.29, 1.82) is 0 Å². The van der Waals surface area contributed by atoms with Crippen molar-refractivity contribution in [1.82, 2.24) is 20.1 Å². The molecule has 1 amide bonds. The minimum absolute atomic E-state index is 0.109. The maximum atomic E-state index is 13.1. The van der Waals surface area contributed by atoms with Crippen LogP contribution in [0.15, 0.2) is 54.9 Å². The number of nitrogens with zero attached hydrogens (tertiary/aromatic N) is 3. The molecule has 1 saturated carbocycles. The summed E-state index contributed by atoms with van der Waals surface area (Å²) in [6, 6.07) is 14.7. The van der Waals surface area contributed by atoms with Crippen LogP contribution >= 0.6 is 11.8 Å². The normalized spacial score (nSPS) is 25.0. The van der Waals surface area contributed by atoms with Gasteiger partial charge < -0.3 is 9.64 Å². The fraction of sp³-hybridized carbons (Fsp3) is 0.571. The number of rotatable bonds is 8. The summed E-state index contributed by atoms with van der Waals surface area (Å²) in [4.78, 5) is 21.8. The second-order valence-corrected chi connectivity index (χ2v) is 11.1. The minimum atomic E-state index is -0.109. The van der Waals surface area contributed by atoms with Gasteiger partial charge in [-0.05, 0) is 36.0 Å². The number of benzene rings is 1. The third-order valence-corrected chi connectivity index (χ3v) is 8.93. The van der Waals surface area contributed by atoms with Crippen LogP contribution in [0, 0.1) is 5.92 Å². The molecule has 5 rings (SSSR count). The highest BCUT2D eigenvalue weighted by molar-refractivity contribution is 7.99. The van der Waals surface area contributed by atoms with Gasteiger partial charge in [-0.3, -0.25) is 20.0 Å². The maximum absolute atomic E-state index is 13.1. The lowest BCUT2D eigenvalue weighted by atomic mass is 9.82. The Labute approximate surface area is 213 Å². The summed E-state index contributed by atoms with van der Waals surface area (Å²) in [5.41, 5.74) is 2.46. The molecule has 3 heterocycles. The molecule has 188 valence electrons. The molecule has 1 N–H and O–H groups in total. The van der Waals surface area contributed by atoms with E-state index in [0.29, 0.717) is 5.92 Å². The van der Waals surface area contributed by atoms with Crippen molar-refractivity contribution < 1.29 is 9.53 Å².